The second kappa shape index (κ2) is 5.42. The van der Waals surface area contributed by atoms with Crippen molar-refractivity contribution >= 4 is 27.1 Å². The minimum absolute atomic E-state index is 0.167. The Morgan fingerprint density at radius 1 is 1.12 bits per heavy atom. The van der Waals surface area contributed by atoms with Crippen LogP contribution in [-0.4, -0.2) is 25.6 Å². The second-order valence-corrected chi connectivity index (χ2v) is 10.1. The molecule has 1 aliphatic rings. The topological polar surface area (TPSA) is 55.4 Å². The zero-order valence-corrected chi connectivity index (χ0v) is 15.4. The molecule has 1 atom stereocenters. The molecule has 1 aromatic carbocycles. The van der Waals surface area contributed by atoms with Gasteiger partial charge in [-0.2, -0.15) is 13.2 Å². The maximum Gasteiger partial charge on any atom is 0.408 e. The first-order chi connectivity index (χ1) is 10.6. The minimum atomic E-state index is -4.96. The highest BCUT2D eigenvalue weighted by Gasteiger charge is 2.59. The third-order valence-corrected chi connectivity index (χ3v) is 6.94. The van der Waals surface area contributed by atoms with Gasteiger partial charge in [0.05, 0.1) is 10.7 Å². The lowest BCUT2D eigenvalue weighted by atomic mass is 9.94. The summed E-state index contributed by atoms with van der Waals surface area (Å²) >= 11 is 5.96. The number of fused-ring (bicyclic) bond motifs is 1. The lowest BCUT2D eigenvalue weighted by molar-refractivity contribution is -0.153. The number of halogens is 4. The van der Waals surface area contributed by atoms with Crippen LogP contribution in [0.2, 0.25) is 5.02 Å². The van der Waals surface area contributed by atoms with Crippen molar-refractivity contribution in [3.63, 3.8) is 0 Å². The van der Waals surface area contributed by atoms with E-state index in [2.05, 4.69) is 5.32 Å². The van der Waals surface area contributed by atoms with Crippen LogP contribution in [0.1, 0.15) is 34.6 Å². The molecule has 0 spiro atoms. The van der Waals surface area contributed by atoms with Gasteiger partial charge in [-0.05, 0) is 26.0 Å². The molecule has 2 rings (SSSR count). The summed E-state index contributed by atoms with van der Waals surface area (Å²) in [5.74, 6) is -0.167. The molecule has 0 amide bonds. The predicted octanol–water partition coefficient (Wildman–Crippen LogP) is 4.63. The zero-order valence-electron chi connectivity index (χ0n) is 13.9. The summed E-state index contributed by atoms with van der Waals surface area (Å²) in [6, 6.07) is 2.74. The Labute approximate surface area is 144 Å². The Hall–Kier alpha value is -1.15. The molecule has 0 aromatic heterocycles. The number of anilines is 1. The number of hydrogen-bond acceptors (Lipinski definition) is 4. The van der Waals surface area contributed by atoms with Gasteiger partial charge in [-0.1, -0.05) is 32.4 Å². The average molecular weight is 386 g/mol. The molecule has 1 aromatic rings. The molecule has 24 heavy (non-hydrogen) atoms. The fourth-order valence-corrected chi connectivity index (χ4v) is 4.10. The second-order valence-electron chi connectivity index (χ2n) is 7.27. The van der Waals surface area contributed by atoms with E-state index in [1.165, 1.54) is 12.1 Å². The van der Waals surface area contributed by atoms with Crippen LogP contribution in [0.3, 0.4) is 0 Å². The first-order valence-corrected chi connectivity index (χ1v) is 9.04. The van der Waals surface area contributed by atoms with Crippen molar-refractivity contribution in [3.05, 3.63) is 17.2 Å². The first kappa shape index (κ1) is 19.2. The molecule has 1 unspecified atom stereocenters. The summed E-state index contributed by atoms with van der Waals surface area (Å²) in [6.45, 7) is 6.79. The first-order valence-electron chi connectivity index (χ1n) is 7.18. The Morgan fingerprint density at radius 2 is 1.67 bits per heavy atom. The number of benzene rings is 1. The number of hydrogen-bond donors (Lipinski definition) is 1. The van der Waals surface area contributed by atoms with Gasteiger partial charge in [0, 0.05) is 5.41 Å². The molecule has 1 heterocycles. The lowest BCUT2D eigenvalue weighted by Crippen LogP contribution is -2.46. The number of sulfone groups is 1. The van der Waals surface area contributed by atoms with Crippen LogP contribution in [-0.2, 0) is 9.84 Å². The molecular weight excluding hydrogens is 367 g/mol. The van der Waals surface area contributed by atoms with Gasteiger partial charge in [0.15, 0.2) is 26.6 Å². The minimum Gasteiger partial charge on any atom is -0.467 e. The maximum atomic E-state index is 13.3. The number of ether oxygens (including phenoxy) is 1. The Kier molecular flexibility index (Phi) is 4.33. The third-order valence-electron chi connectivity index (χ3n) is 4.00. The van der Waals surface area contributed by atoms with Gasteiger partial charge in [0.2, 0.25) is 0 Å². The van der Waals surface area contributed by atoms with Crippen LogP contribution < -0.4 is 10.1 Å². The summed E-state index contributed by atoms with van der Waals surface area (Å²) in [5, 5.41) is 2.67. The van der Waals surface area contributed by atoms with E-state index in [1.54, 1.807) is 0 Å². The summed E-state index contributed by atoms with van der Waals surface area (Å²) in [7, 11) is -4.84. The molecule has 0 saturated carbocycles. The molecule has 1 aliphatic heterocycles. The van der Waals surface area contributed by atoms with Crippen molar-refractivity contribution in [2.24, 2.45) is 5.41 Å². The van der Waals surface area contributed by atoms with Crippen molar-refractivity contribution in [1.29, 1.82) is 0 Å². The maximum absolute atomic E-state index is 13.3. The Morgan fingerprint density at radius 3 is 2.12 bits per heavy atom. The van der Waals surface area contributed by atoms with Crippen LogP contribution in [0.15, 0.2) is 17.0 Å². The van der Waals surface area contributed by atoms with E-state index in [1.807, 2.05) is 20.8 Å². The van der Waals surface area contributed by atoms with Crippen molar-refractivity contribution in [1.82, 2.24) is 0 Å². The zero-order chi connectivity index (χ0) is 18.7. The molecule has 136 valence electrons. The van der Waals surface area contributed by atoms with Gasteiger partial charge >= 0.3 is 6.18 Å². The van der Waals surface area contributed by atoms with Crippen molar-refractivity contribution in [2.45, 2.75) is 56.7 Å². The van der Waals surface area contributed by atoms with Gasteiger partial charge < -0.3 is 10.1 Å². The van der Waals surface area contributed by atoms with E-state index in [4.69, 9.17) is 16.3 Å². The molecule has 0 radical (unpaired) electrons. The molecule has 9 heteroatoms. The summed E-state index contributed by atoms with van der Waals surface area (Å²) in [5.41, 5.74) is -0.109. The van der Waals surface area contributed by atoms with E-state index < -0.39 is 37.3 Å². The van der Waals surface area contributed by atoms with E-state index in [0.29, 0.717) is 19.5 Å². The number of nitrogens with one attached hydrogen (secondary N) is 1. The SMILES string of the molecule is CC(C)(C)C1Nc2ccc(Cl)c(S(=O)(=O)C(C)(C)C(F)(F)F)c2O1. The molecule has 0 bridgehead atoms. The van der Waals surface area contributed by atoms with Crippen LogP contribution in [0.4, 0.5) is 18.9 Å². The van der Waals surface area contributed by atoms with Crippen molar-refractivity contribution < 1.29 is 26.3 Å². The molecule has 0 aliphatic carbocycles. The van der Waals surface area contributed by atoms with Crippen LogP contribution in [0.5, 0.6) is 5.75 Å². The summed E-state index contributed by atoms with van der Waals surface area (Å²) in [4.78, 5) is -0.636. The predicted molar refractivity (Wildman–Crippen MR) is 86.3 cm³/mol. The van der Waals surface area contributed by atoms with Gasteiger partial charge in [-0.25, -0.2) is 8.42 Å². The number of alkyl halides is 3. The summed E-state index contributed by atoms with van der Waals surface area (Å²) < 4.78 is 67.9. The molecule has 1 N–H and O–H groups in total. The van der Waals surface area contributed by atoms with E-state index in [0.717, 1.165) is 0 Å². The van der Waals surface area contributed by atoms with Gasteiger partial charge in [0.1, 0.15) is 4.90 Å². The molecule has 4 nitrogen and oxygen atoms in total. The molecular formula is C15H19ClF3NO3S. The van der Waals surface area contributed by atoms with E-state index in [9.17, 15) is 21.6 Å². The molecule has 0 saturated heterocycles. The normalized spacial score (nSPS) is 18.8. The van der Waals surface area contributed by atoms with Crippen LogP contribution >= 0.6 is 11.6 Å². The smallest absolute Gasteiger partial charge is 0.408 e. The highest BCUT2D eigenvalue weighted by Crippen LogP contribution is 2.50. The quantitative estimate of drug-likeness (QED) is 0.806. The van der Waals surface area contributed by atoms with Crippen LogP contribution in [0, 0.1) is 5.41 Å². The van der Waals surface area contributed by atoms with Crippen molar-refractivity contribution in [3.8, 4) is 5.75 Å². The number of rotatable bonds is 2. The standard InChI is InChI=1S/C15H19ClF3NO3S/c1-13(2,3)12-20-9-7-6-8(16)11(10(9)23-12)24(21,22)14(4,5)15(17,18)19/h6-7,12,20H,1-5H3. The fourth-order valence-electron chi connectivity index (χ4n) is 2.11. The third kappa shape index (κ3) is 2.83. The van der Waals surface area contributed by atoms with Gasteiger partial charge in [0.25, 0.3) is 0 Å². The monoisotopic (exact) mass is 385 g/mol. The van der Waals surface area contributed by atoms with Crippen LogP contribution in [0.25, 0.3) is 0 Å². The lowest BCUT2D eigenvalue weighted by Gasteiger charge is -2.29. The molecule has 0 fully saturated rings. The summed E-state index contributed by atoms with van der Waals surface area (Å²) in [6.07, 6.45) is -5.55. The Balaban J connectivity index is 2.66. The fraction of sp³-hybridized carbons (Fsp3) is 0.600. The van der Waals surface area contributed by atoms with Gasteiger partial charge in [-0.3, -0.25) is 0 Å². The van der Waals surface area contributed by atoms with E-state index >= 15 is 0 Å². The van der Waals surface area contributed by atoms with Gasteiger partial charge in [-0.15, -0.1) is 0 Å². The highest BCUT2D eigenvalue weighted by atomic mass is 35.5. The average Bonchev–Trinajstić information content (AvgIpc) is 2.80. The van der Waals surface area contributed by atoms with E-state index in [-0.39, 0.29) is 10.8 Å². The van der Waals surface area contributed by atoms with Crippen molar-refractivity contribution in [2.75, 3.05) is 5.32 Å². The highest BCUT2D eigenvalue weighted by molar-refractivity contribution is 7.93. The Bertz CT molecular complexity index is 767. The largest absolute Gasteiger partial charge is 0.467 e.